The minimum atomic E-state index is -0.812. The third-order valence-electron chi connectivity index (χ3n) is 2.34. The Labute approximate surface area is 113 Å². The first-order valence-electron chi connectivity index (χ1n) is 5.59. The second kappa shape index (κ2) is 6.09. The van der Waals surface area contributed by atoms with Gasteiger partial charge in [-0.2, -0.15) is 10.2 Å². The molecule has 2 aromatic rings. The molecule has 102 valence electrons. The molecule has 0 fully saturated rings. The molecule has 0 bridgehead atoms. The number of nitrogens with one attached hydrogen (secondary N) is 3. The zero-order valence-electron chi connectivity index (χ0n) is 10.3. The molecule has 0 amide bonds. The Kier molecular flexibility index (Phi) is 4.02. The van der Waals surface area contributed by atoms with Gasteiger partial charge in [0, 0.05) is 5.56 Å². The van der Waals surface area contributed by atoms with Gasteiger partial charge in [-0.25, -0.2) is 10.1 Å². The highest BCUT2D eigenvalue weighted by atomic mass is 16.7. The first kappa shape index (κ1) is 13.2. The summed E-state index contributed by atoms with van der Waals surface area (Å²) in [7, 11) is 0. The van der Waals surface area contributed by atoms with Gasteiger partial charge in [-0.3, -0.25) is 0 Å². The van der Waals surface area contributed by atoms with E-state index in [1.165, 1.54) is 6.21 Å². The summed E-state index contributed by atoms with van der Waals surface area (Å²) in [6.45, 7) is 0. The number of hydrogen-bond donors (Lipinski definition) is 3. The molecule has 2 rings (SSSR count). The van der Waals surface area contributed by atoms with E-state index in [1.807, 2.05) is 30.3 Å². The Balaban J connectivity index is 2.16. The first-order chi connectivity index (χ1) is 9.66. The molecule has 1 heterocycles. The molecule has 0 aliphatic carbocycles. The smallest absolute Gasteiger partial charge is 0.275 e. The Morgan fingerprint density at radius 3 is 2.90 bits per heavy atom. The quantitative estimate of drug-likeness (QED) is 0.311. The lowest BCUT2D eigenvalue weighted by molar-refractivity contribution is -0.525. The molecule has 0 saturated carbocycles. The van der Waals surface area contributed by atoms with Gasteiger partial charge in [-0.05, 0) is 0 Å². The number of nitrogens with zero attached hydrogens (tertiary/aromatic N) is 3. The van der Waals surface area contributed by atoms with E-state index in [1.54, 1.807) is 11.6 Å². The van der Waals surface area contributed by atoms with Crippen molar-refractivity contribution in [2.45, 2.75) is 0 Å². The fraction of sp³-hybridized carbons (Fsp3) is 0. The van der Waals surface area contributed by atoms with Crippen LogP contribution in [-0.2, 0) is 0 Å². The van der Waals surface area contributed by atoms with Crippen LogP contribution >= 0.6 is 0 Å². The van der Waals surface area contributed by atoms with Crippen LogP contribution in [0.2, 0.25) is 0 Å². The SMILES string of the molecule is NC(=NN=Cc1c[nH+][nH]c1-c1ccccc1)N[N+](=O)[O-]. The van der Waals surface area contributed by atoms with Gasteiger partial charge >= 0.3 is 0 Å². The van der Waals surface area contributed by atoms with Crippen molar-refractivity contribution in [3.05, 3.63) is 52.2 Å². The van der Waals surface area contributed by atoms with Crippen LogP contribution in [0.5, 0.6) is 0 Å². The molecular weight excluding hydrogens is 262 g/mol. The number of aromatic amines is 2. The Hall–Kier alpha value is -3.23. The number of guanidine groups is 1. The number of nitro groups is 1. The fourth-order valence-electron chi connectivity index (χ4n) is 1.54. The molecular formula is C11H12N7O2+. The molecule has 9 heteroatoms. The van der Waals surface area contributed by atoms with Gasteiger partial charge in [0.05, 0.1) is 11.8 Å². The lowest BCUT2D eigenvalue weighted by atomic mass is 10.1. The maximum absolute atomic E-state index is 10.1. The summed E-state index contributed by atoms with van der Waals surface area (Å²) < 4.78 is 0. The summed E-state index contributed by atoms with van der Waals surface area (Å²) in [4.78, 5) is 10.1. The summed E-state index contributed by atoms with van der Waals surface area (Å²) in [6, 6.07) is 9.60. The summed E-state index contributed by atoms with van der Waals surface area (Å²) in [5.41, 5.74) is 9.46. The molecule has 0 unspecified atom stereocenters. The highest BCUT2D eigenvalue weighted by Crippen LogP contribution is 2.17. The average molecular weight is 274 g/mol. The molecule has 1 aromatic carbocycles. The van der Waals surface area contributed by atoms with Crippen molar-refractivity contribution >= 4 is 12.2 Å². The summed E-state index contributed by atoms with van der Waals surface area (Å²) in [6.07, 6.45) is 3.13. The molecule has 9 nitrogen and oxygen atoms in total. The van der Waals surface area contributed by atoms with Gasteiger partial charge in [-0.1, -0.05) is 35.8 Å². The van der Waals surface area contributed by atoms with Crippen LogP contribution in [0.15, 0.2) is 46.7 Å². The van der Waals surface area contributed by atoms with E-state index in [2.05, 4.69) is 20.4 Å². The number of hydrazine groups is 1. The molecule has 20 heavy (non-hydrogen) atoms. The molecule has 0 aliphatic heterocycles. The lowest BCUT2D eigenvalue weighted by Crippen LogP contribution is -2.35. The first-order valence-corrected chi connectivity index (χ1v) is 5.59. The van der Waals surface area contributed by atoms with Crippen LogP contribution in [0.1, 0.15) is 5.56 Å². The molecule has 0 aliphatic rings. The summed E-state index contributed by atoms with van der Waals surface area (Å²) >= 11 is 0. The monoisotopic (exact) mass is 274 g/mol. The van der Waals surface area contributed by atoms with Crippen LogP contribution in [0, 0.1) is 10.1 Å². The van der Waals surface area contributed by atoms with Crippen molar-refractivity contribution in [2.24, 2.45) is 15.9 Å². The molecule has 0 radical (unpaired) electrons. The molecule has 0 saturated heterocycles. The van der Waals surface area contributed by atoms with Gasteiger partial charge in [-0.15, -0.1) is 10.2 Å². The van der Waals surface area contributed by atoms with Gasteiger partial charge < -0.3 is 5.73 Å². The highest BCUT2D eigenvalue weighted by molar-refractivity contribution is 5.88. The minimum absolute atomic E-state index is 0.396. The van der Waals surface area contributed by atoms with Crippen molar-refractivity contribution in [1.29, 1.82) is 0 Å². The number of nitrogens with two attached hydrogens (primary N) is 1. The van der Waals surface area contributed by atoms with Crippen LogP contribution in [0.4, 0.5) is 0 Å². The summed E-state index contributed by atoms with van der Waals surface area (Å²) in [5.74, 6) is -0.396. The van der Waals surface area contributed by atoms with Gasteiger partial charge in [0.1, 0.15) is 5.69 Å². The topological polar surface area (TPSA) is 136 Å². The van der Waals surface area contributed by atoms with E-state index >= 15 is 0 Å². The molecule has 5 N–H and O–H groups in total. The van der Waals surface area contributed by atoms with E-state index < -0.39 is 11.0 Å². The minimum Gasteiger partial charge on any atom is -0.364 e. The van der Waals surface area contributed by atoms with E-state index in [0.29, 0.717) is 0 Å². The van der Waals surface area contributed by atoms with E-state index in [-0.39, 0.29) is 0 Å². The van der Waals surface area contributed by atoms with Crippen molar-refractivity contribution in [3.8, 4) is 11.3 Å². The second-order valence-corrected chi connectivity index (χ2v) is 3.71. The second-order valence-electron chi connectivity index (χ2n) is 3.71. The average Bonchev–Trinajstić information content (AvgIpc) is 2.87. The molecule has 0 atom stereocenters. The number of aromatic nitrogens is 2. The largest absolute Gasteiger partial charge is 0.364 e. The van der Waals surface area contributed by atoms with Crippen LogP contribution < -0.4 is 16.3 Å². The Morgan fingerprint density at radius 2 is 2.20 bits per heavy atom. The fourth-order valence-corrected chi connectivity index (χ4v) is 1.54. The van der Waals surface area contributed by atoms with E-state index in [4.69, 9.17) is 5.73 Å². The van der Waals surface area contributed by atoms with Crippen LogP contribution in [-0.4, -0.2) is 22.3 Å². The van der Waals surface area contributed by atoms with Gasteiger partial charge in [0.2, 0.25) is 6.20 Å². The maximum atomic E-state index is 10.1. The number of hydrogen-bond acceptors (Lipinski definition) is 4. The number of benzene rings is 1. The van der Waals surface area contributed by atoms with Crippen molar-refractivity contribution in [3.63, 3.8) is 0 Å². The third-order valence-corrected chi connectivity index (χ3v) is 2.34. The molecule has 0 spiro atoms. The normalized spacial score (nSPS) is 11.7. The Morgan fingerprint density at radius 1 is 1.45 bits per heavy atom. The van der Waals surface area contributed by atoms with E-state index in [9.17, 15) is 10.1 Å². The lowest BCUT2D eigenvalue weighted by Gasteiger charge is -1.95. The highest BCUT2D eigenvalue weighted by Gasteiger charge is 2.08. The van der Waals surface area contributed by atoms with Gasteiger partial charge in [0.15, 0.2) is 5.03 Å². The van der Waals surface area contributed by atoms with Crippen molar-refractivity contribution < 1.29 is 10.1 Å². The van der Waals surface area contributed by atoms with E-state index in [0.717, 1.165) is 16.8 Å². The van der Waals surface area contributed by atoms with Gasteiger partial charge in [0.25, 0.3) is 5.96 Å². The van der Waals surface area contributed by atoms with Crippen LogP contribution in [0.3, 0.4) is 0 Å². The van der Waals surface area contributed by atoms with Crippen molar-refractivity contribution in [1.82, 2.24) is 10.5 Å². The number of H-pyrrole nitrogens is 2. The number of rotatable bonds is 4. The maximum Gasteiger partial charge on any atom is 0.275 e. The Bertz CT molecular complexity index is 648. The summed E-state index contributed by atoms with van der Waals surface area (Å²) in [5, 5.41) is 22.3. The predicted molar refractivity (Wildman–Crippen MR) is 72.1 cm³/mol. The zero-order chi connectivity index (χ0) is 14.4. The van der Waals surface area contributed by atoms with Crippen molar-refractivity contribution in [2.75, 3.05) is 0 Å². The third kappa shape index (κ3) is 3.38. The standard InChI is InChI=1S/C11H11N7O2/c12-11(17-18(19)20)16-14-7-9-6-13-15-10(9)8-4-2-1-3-5-8/h1-7H,(H,13,15)(H3,12,16,17)/p+1. The predicted octanol–water partition coefficient (Wildman–Crippen LogP) is -0.0743. The molecule has 1 aromatic heterocycles. The zero-order valence-corrected chi connectivity index (χ0v) is 10.3. The van der Waals surface area contributed by atoms with Crippen LogP contribution in [0.25, 0.3) is 11.3 Å².